The number of carbonyl (C=O) groups excluding carboxylic acids is 1. The zero-order chi connectivity index (χ0) is 17.6. The third-order valence-electron chi connectivity index (χ3n) is 5.55. The van der Waals surface area contributed by atoms with Crippen LogP contribution in [0.3, 0.4) is 0 Å². The zero-order valence-corrected chi connectivity index (χ0v) is 14.3. The van der Waals surface area contributed by atoms with Gasteiger partial charge in [0.2, 0.25) is 11.9 Å². The molecule has 1 saturated carbocycles. The van der Waals surface area contributed by atoms with Gasteiger partial charge in [-0.1, -0.05) is 12.8 Å². The van der Waals surface area contributed by atoms with Crippen LogP contribution in [-0.2, 0) is 4.79 Å². The third-order valence-corrected chi connectivity index (χ3v) is 5.55. The number of aromatic nitrogens is 2. The number of fused-ring (bicyclic) bond motifs is 1. The lowest BCUT2D eigenvalue weighted by Crippen LogP contribution is -2.57. The van der Waals surface area contributed by atoms with Crippen molar-refractivity contribution < 1.29 is 4.79 Å². The monoisotopic (exact) mass is 341 g/mol. The van der Waals surface area contributed by atoms with E-state index in [-0.39, 0.29) is 35.9 Å². The predicted octanol–water partition coefficient (Wildman–Crippen LogP) is 1.05. The van der Waals surface area contributed by atoms with Gasteiger partial charge in [-0.05, 0) is 26.2 Å². The molecule has 0 bridgehead atoms. The fourth-order valence-corrected chi connectivity index (χ4v) is 4.30. The van der Waals surface area contributed by atoms with Gasteiger partial charge in [-0.25, -0.2) is 15.0 Å². The number of hydrogen-bond acceptors (Lipinski definition) is 7. The van der Waals surface area contributed by atoms with E-state index < -0.39 is 0 Å². The summed E-state index contributed by atoms with van der Waals surface area (Å²) in [6.07, 6.45) is 7.81. The number of guanidine groups is 1. The van der Waals surface area contributed by atoms with Crippen LogP contribution in [0, 0.1) is 5.92 Å². The number of carbonyl (C=O) groups is 1. The maximum Gasteiger partial charge on any atom is 0.233 e. The van der Waals surface area contributed by atoms with E-state index in [9.17, 15) is 4.79 Å². The molecule has 8 nitrogen and oxygen atoms in total. The van der Waals surface area contributed by atoms with Crippen molar-refractivity contribution in [3.05, 3.63) is 18.1 Å². The van der Waals surface area contributed by atoms with Gasteiger partial charge in [0.1, 0.15) is 12.0 Å². The summed E-state index contributed by atoms with van der Waals surface area (Å²) in [5.74, 6) is 0.411. The van der Waals surface area contributed by atoms with Gasteiger partial charge < -0.3 is 16.4 Å². The second kappa shape index (κ2) is 6.09. The van der Waals surface area contributed by atoms with Gasteiger partial charge in [0.25, 0.3) is 0 Å². The standard InChI is InChI=1S/C17H23N7O/c1-9-11-6-12(13-7-21-14(18)8-20-13)16(25)24(10-4-2-3-5-10)15(11)23-17(19)22-9/h7-8,10-12,15H,2-6H2,1H3,(H2,18,21)(H2,19,23). The van der Waals surface area contributed by atoms with E-state index in [1.807, 2.05) is 11.8 Å². The van der Waals surface area contributed by atoms with E-state index >= 15 is 0 Å². The molecule has 1 saturated heterocycles. The molecule has 4 N–H and O–H groups in total. The molecule has 25 heavy (non-hydrogen) atoms. The fraction of sp³-hybridized carbons (Fsp3) is 0.588. The molecule has 1 amide bonds. The zero-order valence-electron chi connectivity index (χ0n) is 14.3. The average molecular weight is 341 g/mol. The summed E-state index contributed by atoms with van der Waals surface area (Å²) in [5.41, 5.74) is 13.1. The normalized spacial score (nSPS) is 30.0. The van der Waals surface area contributed by atoms with Crippen molar-refractivity contribution >= 4 is 23.4 Å². The van der Waals surface area contributed by atoms with E-state index in [1.54, 1.807) is 6.20 Å². The van der Waals surface area contributed by atoms with Gasteiger partial charge in [0, 0.05) is 17.7 Å². The minimum atomic E-state index is -0.338. The summed E-state index contributed by atoms with van der Waals surface area (Å²) in [4.78, 5) is 32.6. The molecule has 3 aliphatic rings. The van der Waals surface area contributed by atoms with E-state index in [0.717, 1.165) is 31.4 Å². The number of piperidine rings is 1. The molecule has 1 aliphatic carbocycles. The first kappa shape index (κ1) is 16.0. The number of nitrogen functional groups attached to an aromatic ring is 1. The van der Waals surface area contributed by atoms with Crippen LogP contribution in [0.2, 0.25) is 0 Å². The van der Waals surface area contributed by atoms with Gasteiger partial charge in [-0.3, -0.25) is 9.78 Å². The fourth-order valence-electron chi connectivity index (χ4n) is 4.30. The second-order valence-electron chi connectivity index (χ2n) is 7.10. The maximum atomic E-state index is 13.3. The Bertz CT molecular complexity index is 736. The molecule has 2 fully saturated rings. The number of amides is 1. The van der Waals surface area contributed by atoms with Crippen LogP contribution in [0.5, 0.6) is 0 Å². The topological polar surface area (TPSA) is 123 Å². The third kappa shape index (κ3) is 2.75. The molecule has 0 radical (unpaired) electrons. The quantitative estimate of drug-likeness (QED) is 0.832. The molecule has 3 unspecified atom stereocenters. The lowest BCUT2D eigenvalue weighted by Gasteiger charge is -2.46. The average Bonchev–Trinajstić information content (AvgIpc) is 3.09. The molecule has 8 heteroatoms. The van der Waals surface area contributed by atoms with Gasteiger partial charge in [-0.2, -0.15) is 0 Å². The molecule has 1 aromatic heterocycles. The Labute approximate surface area is 146 Å². The molecule has 0 aromatic carbocycles. The summed E-state index contributed by atoms with van der Waals surface area (Å²) in [5, 5.41) is 0. The number of anilines is 1. The summed E-state index contributed by atoms with van der Waals surface area (Å²) < 4.78 is 0. The number of nitrogens with two attached hydrogens (primary N) is 2. The molecule has 1 aromatic rings. The van der Waals surface area contributed by atoms with Gasteiger partial charge in [0.15, 0.2) is 0 Å². The van der Waals surface area contributed by atoms with Gasteiger partial charge in [0.05, 0.1) is 24.0 Å². The van der Waals surface area contributed by atoms with Crippen LogP contribution >= 0.6 is 0 Å². The number of nitrogens with zero attached hydrogens (tertiary/aromatic N) is 5. The summed E-state index contributed by atoms with van der Waals surface area (Å²) >= 11 is 0. The molecule has 3 atom stereocenters. The highest BCUT2D eigenvalue weighted by atomic mass is 16.2. The number of likely N-dealkylation sites (tertiary alicyclic amines) is 1. The Hall–Kier alpha value is -2.51. The first-order valence-electron chi connectivity index (χ1n) is 8.82. The molecule has 4 rings (SSSR count). The van der Waals surface area contributed by atoms with Crippen molar-refractivity contribution in [1.29, 1.82) is 0 Å². The minimum absolute atomic E-state index is 0.0648. The largest absolute Gasteiger partial charge is 0.382 e. The van der Waals surface area contributed by atoms with Crippen molar-refractivity contribution in [3.8, 4) is 0 Å². The maximum absolute atomic E-state index is 13.3. The van der Waals surface area contributed by atoms with Crippen molar-refractivity contribution in [3.63, 3.8) is 0 Å². The molecule has 3 heterocycles. The first-order valence-corrected chi connectivity index (χ1v) is 8.82. The van der Waals surface area contributed by atoms with E-state index in [1.165, 1.54) is 6.20 Å². The Balaban J connectivity index is 1.73. The van der Waals surface area contributed by atoms with Crippen molar-refractivity contribution in [2.45, 2.75) is 57.2 Å². The Kier molecular flexibility index (Phi) is 3.89. The van der Waals surface area contributed by atoms with E-state index in [0.29, 0.717) is 17.9 Å². The molecule has 0 spiro atoms. The van der Waals surface area contributed by atoms with Gasteiger partial charge >= 0.3 is 0 Å². The number of aliphatic imine (C=N–C) groups is 2. The van der Waals surface area contributed by atoms with Crippen LogP contribution in [0.4, 0.5) is 5.82 Å². The Morgan fingerprint density at radius 2 is 1.92 bits per heavy atom. The summed E-state index contributed by atoms with van der Waals surface area (Å²) in [7, 11) is 0. The highest BCUT2D eigenvalue weighted by molar-refractivity contribution is 6.00. The molecule has 2 aliphatic heterocycles. The van der Waals surface area contributed by atoms with Crippen molar-refractivity contribution in [2.75, 3.05) is 5.73 Å². The number of rotatable bonds is 2. The van der Waals surface area contributed by atoms with Crippen molar-refractivity contribution in [2.24, 2.45) is 21.6 Å². The molecular weight excluding hydrogens is 318 g/mol. The van der Waals surface area contributed by atoms with E-state index in [4.69, 9.17) is 11.5 Å². The van der Waals surface area contributed by atoms with Crippen molar-refractivity contribution in [1.82, 2.24) is 14.9 Å². The van der Waals surface area contributed by atoms with Crippen LogP contribution in [-0.4, -0.2) is 44.7 Å². The van der Waals surface area contributed by atoms with Gasteiger partial charge in [-0.15, -0.1) is 0 Å². The van der Waals surface area contributed by atoms with Crippen LogP contribution in [0.25, 0.3) is 0 Å². The minimum Gasteiger partial charge on any atom is -0.382 e. The summed E-state index contributed by atoms with van der Waals surface area (Å²) in [6, 6.07) is 0.215. The summed E-state index contributed by atoms with van der Waals surface area (Å²) in [6.45, 7) is 1.97. The van der Waals surface area contributed by atoms with E-state index in [2.05, 4.69) is 20.0 Å². The van der Waals surface area contributed by atoms with Crippen LogP contribution in [0.15, 0.2) is 22.4 Å². The van der Waals surface area contributed by atoms with Crippen LogP contribution in [0.1, 0.15) is 50.6 Å². The Morgan fingerprint density at radius 1 is 1.16 bits per heavy atom. The molecule has 132 valence electrons. The predicted molar refractivity (Wildman–Crippen MR) is 94.9 cm³/mol. The first-order chi connectivity index (χ1) is 12.0. The SMILES string of the molecule is CC1=NC(N)=NC2C1CC(c1cnc(N)cn1)C(=O)N2C1CCCC1. The lowest BCUT2D eigenvalue weighted by molar-refractivity contribution is -0.142. The second-order valence-corrected chi connectivity index (χ2v) is 7.10. The van der Waals surface area contributed by atoms with Crippen LogP contribution < -0.4 is 11.5 Å². The highest BCUT2D eigenvalue weighted by Gasteiger charge is 2.48. The Morgan fingerprint density at radius 3 is 2.60 bits per heavy atom. The number of hydrogen-bond donors (Lipinski definition) is 2. The highest BCUT2D eigenvalue weighted by Crippen LogP contribution is 2.40. The molecular formula is C17H23N7O. The smallest absolute Gasteiger partial charge is 0.233 e. The lowest BCUT2D eigenvalue weighted by atomic mass is 9.80.